The predicted molar refractivity (Wildman–Crippen MR) is 80.8 cm³/mol. The molecule has 0 amide bonds. The number of aryl methyl sites for hydroxylation is 1. The molecule has 1 heterocycles. The molecule has 0 fully saturated rings. The molecule has 0 bridgehead atoms. The van der Waals surface area contributed by atoms with Gasteiger partial charge in [0.25, 0.3) is 0 Å². The molecule has 0 aliphatic carbocycles. The van der Waals surface area contributed by atoms with E-state index in [2.05, 4.69) is 10.3 Å². The number of nitrogens with zero attached hydrogens (tertiary/aromatic N) is 2. The van der Waals surface area contributed by atoms with Crippen molar-refractivity contribution >= 4 is 33.0 Å². The molecule has 3 N–H and O–H groups in total. The van der Waals surface area contributed by atoms with Gasteiger partial charge in [-0.1, -0.05) is 12.2 Å². The van der Waals surface area contributed by atoms with E-state index in [1.165, 1.54) is 18.4 Å². The summed E-state index contributed by atoms with van der Waals surface area (Å²) in [6.07, 6.45) is 1.62. The molecule has 1 rings (SSSR count). The van der Waals surface area contributed by atoms with Crippen LogP contribution in [-0.2, 0) is 10.0 Å². The largest absolute Gasteiger partial charge is 0.389 e. The summed E-state index contributed by atoms with van der Waals surface area (Å²) in [6.45, 7) is 2.12. The molecule has 0 unspecified atom stereocenters. The maximum atomic E-state index is 11.6. The van der Waals surface area contributed by atoms with E-state index in [9.17, 15) is 8.42 Å². The highest BCUT2D eigenvalue weighted by atomic mass is 32.2. The quantitative estimate of drug-likeness (QED) is 0.736. The fourth-order valence-corrected chi connectivity index (χ4v) is 2.47. The van der Waals surface area contributed by atoms with Gasteiger partial charge in [-0.15, -0.1) is 0 Å². The number of rotatable bonds is 6. The first-order valence-corrected chi connectivity index (χ1v) is 7.67. The van der Waals surface area contributed by atoms with Gasteiger partial charge in [0.2, 0.25) is 10.0 Å². The van der Waals surface area contributed by atoms with Crippen LogP contribution in [-0.4, -0.2) is 49.1 Å². The smallest absolute Gasteiger partial charge is 0.215 e. The van der Waals surface area contributed by atoms with Crippen molar-refractivity contribution in [1.29, 1.82) is 0 Å². The van der Waals surface area contributed by atoms with E-state index in [1.807, 2.05) is 6.92 Å². The molecule has 1 aromatic rings. The summed E-state index contributed by atoms with van der Waals surface area (Å²) in [4.78, 5) is 4.38. The molecular weight excluding hydrogens is 284 g/mol. The molecule has 0 radical (unpaired) electrons. The van der Waals surface area contributed by atoms with Crippen LogP contribution in [0.25, 0.3) is 0 Å². The SMILES string of the molecule is Cc1ccnc(NCCS(=O)(=O)N(C)C)c1C(N)=S. The van der Waals surface area contributed by atoms with Crippen LogP contribution in [0.2, 0.25) is 0 Å². The third kappa shape index (κ3) is 4.12. The fraction of sp³-hybridized carbons (Fsp3) is 0.455. The van der Waals surface area contributed by atoms with Crippen LogP contribution in [0.1, 0.15) is 11.1 Å². The summed E-state index contributed by atoms with van der Waals surface area (Å²) < 4.78 is 24.4. The van der Waals surface area contributed by atoms with Crippen LogP contribution in [0.4, 0.5) is 5.82 Å². The van der Waals surface area contributed by atoms with Gasteiger partial charge in [0.1, 0.15) is 10.8 Å². The number of pyridine rings is 1. The average molecular weight is 302 g/mol. The maximum Gasteiger partial charge on any atom is 0.215 e. The van der Waals surface area contributed by atoms with Crippen molar-refractivity contribution in [2.75, 3.05) is 31.7 Å². The van der Waals surface area contributed by atoms with E-state index in [0.29, 0.717) is 11.4 Å². The van der Waals surface area contributed by atoms with Crippen molar-refractivity contribution in [3.63, 3.8) is 0 Å². The lowest BCUT2D eigenvalue weighted by atomic mass is 10.1. The Bertz CT molecular complexity index is 570. The Balaban J connectivity index is 2.80. The zero-order valence-electron chi connectivity index (χ0n) is 11.2. The molecule has 0 saturated carbocycles. The van der Waals surface area contributed by atoms with E-state index < -0.39 is 10.0 Å². The molecule has 0 atom stereocenters. The van der Waals surface area contributed by atoms with Crippen LogP contribution < -0.4 is 11.1 Å². The third-order valence-electron chi connectivity index (χ3n) is 2.61. The van der Waals surface area contributed by atoms with Gasteiger partial charge in [-0.05, 0) is 18.6 Å². The molecule has 0 saturated heterocycles. The summed E-state index contributed by atoms with van der Waals surface area (Å²) >= 11 is 4.97. The Morgan fingerprint density at radius 1 is 1.53 bits per heavy atom. The minimum Gasteiger partial charge on any atom is -0.389 e. The summed E-state index contributed by atoms with van der Waals surface area (Å²) in [7, 11) is -0.231. The van der Waals surface area contributed by atoms with Crippen LogP contribution in [0, 0.1) is 6.92 Å². The van der Waals surface area contributed by atoms with Gasteiger partial charge in [-0.25, -0.2) is 17.7 Å². The number of sulfonamides is 1. The Morgan fingerprint density at radius 2 is 2.16 bits per heavy atom. The molecule has 0 spiro atoms. The fourth-order valence-electron chi connectivity index (χ4n) is 1.48. The van der Waals surface area contributed by atoms with E-state index in [-0.39, 0.29) is 17.3 Å². The lowest BCUT2D eigenvalue weighted by molar-refractivity contribution is 0.521. The first kappa shape index (κ1) is 15.8. The number of anilines is 1. The van der Waals surface area contributed by atoms with Crippen molar-refractivity contribution in [3.8, 4) is 0 Å². The van der Waals surface area contributed by atoms with Crippen LogP contribution in [0.5, 0.6) is 0 Å². The molecule has 0 aromatic carbocycles. The zero-order chi connectivity index (χ0) is 14.6. The maximum absolute atomic E-state index is 11.6. The molecular formula is C11H18N4O2S2. The lowest BCUT2D eigenvalue weighted by Gasteiger charge is -2.14. The summed E-state index contributed by atoms with van der Waals surface area (Å²) in [5.74, 6) is 0.494. The van der Waals surface area contributed by atoms with Crippen molar-refractivity contribution in [1.82, 2.24) is 9.29 Å². The van der Waals surface area contributed by atoms with E-state index in [0.717, 1.165) is 5.56 Å². The number of nitrogens with two attached hydrogens (primary N) is 1. The lowest BCUT2D eigenvalue weighted by Crippen LogP contribution is -2.29. The molecule has 0 aliphatic heterocycles. The highest BCUT2D eigenvalue weighted by Crippen LogP contribution is 2.16. The normalized spacial score (nSPS) is 11.6. The third-order valence-corrected chi connectivity index (χ3v) is 4.65. The Labute approximate surface area is 119 Å². The molecule has 106 valence electrons. The topological polar surface area (TPSA) is 88.3 Å². The van der Waals surface area contributed by atoms with Crippen LogP contribution in [0.15, 0.2) is 12.3 Å². The van der Waals surface area contributed by atoms with Gasteiger partial charge in [-0.3, -0.25) is 0 Å². The Kier molecular flexibility index (Phi) is 5.21. The number of thiocarbonyl (C=S) groups is 1. The van der Waals surface area contributed by atoms with E-state index in [4.69, 9.17) is 18.0 Å². The molecule has 8 heteroatoms. The second-order valence-corrected chi connectivity index (χ2v) is 6.98. The van der Waals surface area contributed by atoms with Gasteiger partial charge >= 0.3 is 0 Å². The average Bonchev–Trinajstić information content (AvgIpc) is 2.27. The van der Waals surface area contributed by atoms with Crippen LogP contribution >= 0.6 is 12.2 Å². The minimum atomic E-state index is -3.23. The van der Waals surface area contributed by atoms with Crippen LogP contribution in [0.3, 0.4) is 0 Å². The molecule has 0 aliphatic rings. The first-order chi connectivity index (χ1) is 8.75. The predicted octanol–water partition coefficient (Wildman–Crippen LogP) is 0.328. The molecule has 1 aromatic heterocycles. The second kappa shape index (κ2) is 6.27. The Hall–Kier alpha value is -1.25. The van der Waals surface area contributed by atoms with Crippen molar-refractivity contribution in [2.45, 2.75) is 6.92 Å². The van der Waals surface area contributed by atoms with E-state index >= 15 is 0 Å². The first-order valence-electron chi connectivity index (χ1n) is 5.65. The van der Waals surface area contributed by atoms with Gasteiger partial charge in [0.15, 0.2) is 0 Å². The zero-order valence-corrected chi connectivity index (χ0v) is 12.8. The summed E-state index contributed by atoms with van der Waals surface area (Å²) in [5, 5.41) is 2.96. The number of hydrogen-bond donors (Lipinski definition) is 2. The number of aromatic nitrogens is 1. The van der Waals surface area contributed by atoms with Crippen molar-refractivity contribution < 1.29 is 8.42 Å². The molecule has 6 nitrogen and oxygen atoms in total. The standard InChI is InChI=1S/C11H18N4O2S2/c1-8-4-5-13-11(9(8)10(12)18)14-6-7-19(16,17)15(2)3/h4-5H,6-7H2,1-3H3,(H2,12,18)(H,13,14). The number of nitrogens with one attached hydrogen (secondary N) is 1. The second-order valence-electron chi connectivity index (χ2n) is 4.24. The number of hydrogen-bond acceptors (Lipinski definition) is 5. The molecule has 19 heavy (non-hydrogen) atoms. The Morgan fingerprint density at radius 3 is 2.68 bits per heavy atom. The summed E-state index contributed by atoms with van der Waals surface area (Å²) in [6, 6.07) is 1.80. The van der Waals surface area contributed by atoms with Gasteiger partial charge in [0, 0.05) is 26.8 Å². The highest BCUT2D eigenvalue weighted by Gasteiger charge is 2.14. The summed E-state index contributed by atoms with van der Waals surface area (Å²) in [5.41, 5.74) is 7.20. The van der Waals surface area contributed by atoms with Gasteiger partial charge in [-0.2, -0.15) is 0 Å². The highest BCUT2D eigenvalue weighted by molar-refractivity contribution is 7.89. The minimum absolute atomic E-state index is 0.0214. The van der Waals surface area contributed by atoms with Crippen molar-refractivity contribution in [2.24, 2.45) is 5.73 Å². The van der Waals surface area contributed by atoms with Crippen molar-refractivity contribution in [3.05, 3.63) is 23.4 Å². The van der Waals surface area contributed by atoms with Gasteiger partial charge < -0.3 is 11.1 Å². The van der Waals surface area contributed by atoms with E-state index in [1.54, 1.807) is 12.3 Å². The van der Waals surface area contributed by atoms with Gasteiger partial charge in [0.05, 0.1) is 11.3 Å². The monoisotopic (exact) mass is 302 g/mol.